The van der Waals surface area contributed by atoms with Gasteiger partial charge in [0.1, 0.15) is 6.04 Å². The number of amides is 3. The molecule has 1 unspecified atom stereocenters. The summed E-state index contributed by atoms with van der Waals surface area (Å²) in [7, 11) is 0. The van der Waals surface area contributed by atoms with E-state index in [0.29, 0.717) is 32.7 Å². The van der Waals surface area contributed by atoms with Crippen LogP contribution < -0.4 is 0 Å². The fourth-order valence-corrected chi connectivity index (χ4v) is 8.73. The van der Waals surface area contributed by atoms with E-state index in [1.807, 2.05) is 45.0 Å². The third-order valence-corrected chi connectivity index (χ3v) is 10.4. The fourth-order valence-electron chi connectivity index (χ4n) is 6.72. The van der Waals surface area contributed by atoms with Crippen molar-refractivity contribution in [1.82, 2.24) is 14.7 Å². The second-order valence-corrected chi connectivity index (χ2v) is 12.7. The Hall–Kier alpha value is -2.58. The zero-order chi connectivity index (χ0) is 27.4. The van der Waals surface area contributed by atoms with Gasteiger partial charge in [-0.05, 0) is 24.8 Å². The number of aliphatic hydroxyl groups is 1. The van der Waals surface area contributed by atoms with Crippen molar-refractivity contribution in [3.63, 3.8) is 0 Å². The van der Waals surface area contributed by atoms with Crippen molar-refractivity contribution in [3.05, 3.63) is 60.2 Å². The van der Waals surface area contributed by atoms with Crippen LogP contribution in [-0.2, 0) is 20.9 Å². The Bertz CT molecular complexity index is 1110. The van der Waals surface area contributed by atoms with Gasteiger partial charge in [0.2, 0.25) is 17.7 Å². The molecule has 8 heteroatoms. The van der Waals surface area contributed by atoms with Crippen LogP contribution >= 0.6 is 11.8 Å². The van der Waals surface area contributed by atoms with Crippen LogP contribution in [0.2, 0.25) is 0 Å². The Kier molecular flexibility index (Phi) is 8.82. The molecule has 0 radical (unpaired) electrons. The normalized spacial score (nSPS) is 29.9. The number of rotatable bonds is 11. The number of carbonyl (C=O) groups excluding carboxylic acids is 3. The molecule has 7 nitrogen and oxygen atoms in total. The number of unbranched alkanes of at least 4 members (excludes halogenated alkanes) is 4. The van der Waals surface area contributed by atoms with Crippen LogP contribution in [-0.4, -0.2) is 86.4 Å². The molecule has 2 saturated heterocycles. The molecule has 39 heavy (non-hydrogen) atoms. The first-order chi connectivity index (χ1) is 19.0. The molecule has 3 amide bonds. The first kappa shape index (κ1) is 28.0. The number of nitrogens with zero attached hydrogens (tertiary/aromatic N) is 3. The van der Waals surface area contributed by atoms with Gasteiger partial charge in [0, 0.05) is 44.6 Å². The summed E-state index contributed by atoms with van der Waals surface area (Å²) < 4.78 is -0.745. The summed E-state index contributed by atoms with van der Waals surface area (Å²) in [6, 6.07) is 9.38. The van der Waals surface area contributed by atoms with Crippen molar-refractivity contribution < 1.29 is 19.5 Å². The van der Waals surface area contributed by atoms with Crippen molar-refractivity contribution in [2.45, 2.75) is 68.0 Å². The number of hydrogen-bond acceptors (Lipinski definition) is 5. The Balaban J connectivity index is 1.47. The Labute approximate surface area is 236 Å². The van der Waals surface area contributed by atoms with Crippen LogP contribution in [0.5, 0.6) is 0 Å². The van der Waals surface area contributed by atoms with E-state index in [9.17, 15) is 14.4 Å². The fraction of sp³-hybridized carbons (Fsp3) is 0.581. The monoisotopic (exact) mass is 551 g/mol. The standard InChI is InChI=1S/C31H41N3O4S/c1-2-3-17-32-19-12-16-31-26(29(37)34(27(31)30(32)38)20-9-4-5-10-21-35)25-24(39-31)15-11-18-33(28(25)36)22-23-13-7-6-8-14-23/h6-8,11-16,24-27,35H,2-5,9-10,17-22H2,1H3/t24-,25+,26+,27?,31+/m1/s1. The first-order valence-electron chi connectivity index (χ1n) is 14.6. The highest BCUT2D eigenvalue weighted by molar-refractivity contribution is 8.02. The van der Waals surface area contributed by atoms with Crippen molar-refractivity contribution >= 4 is 29.5 Å². The molecule has 4 aliphatic heterocycles. The van der Waals surface area contributed by atoms with Crippen LogP contribution in [0.4, 0.5) is 0 Å². The maximum absolute atomic E-state index is 14.3. The van der Waals surface area contributed by atoms with Gasteiger partial charge in [0.15, 0.2) is 0 Å². The van der Waals surface area contributed by atoms with E-state index in [-0.39, 0.29) is 29.6 Å². The average molecular weight is 552 g/mol. The van der Waals surface area contributed by atoms with Gasteiger partial charge in [-0.2, -0.15) is 0 Å². The molecule has 4 heterocycles. The zero-order valence-corrected chi connectivity index (χ0v) is 23.7. The van der Waals surface area contributed by atoms with Crippen LogP contribution in [0.1, 0.15) is 51.0 Å². The third-order valence-electron chi connectivity index (χ3n) is 8.63. The van der Waals surface area contributed by atoms with Gasteiger partial charge < -0.3 is 19.8 Å². The smallest absolute Gasteiger partial charge is 0.247 e. The van der Waals surface area contributed by atoms with E-state index in [2.05, 4.69) is 31.2 Å². The molecule has 0 saturated carbocycles. The molecule has 1 aromatic carbocycles. The molecule has 1 spiro atoms. The highest BCUT2D eigenvalue weighted by atomic mass is 32.2. The van der Waals surface area contributed by atoms with E-state index >= 15 is 0 Å². The largest absolute Gasteiger partial charge is 0.396 e. The van der Waals surface area contributed by atoms with E-state index in [0.717, 1.165) is 44.1 Å². The average Bonchev–Trinajstić information content (AvgIpc) is 3.26. The number of fused-ring (bicyclic) bond motifs is 2. The van der Waals surface area contributed by atoms with Crippen molar-refractivity contribution in [2.75, 3.05) is 32.8 Å². The molecule has 4 aliphatic rings. The van der Waals surface area contributed by atoms with Gasteiger partial charge in [-0.25, -0.2) is 0 Å². The number of hydrogen-bond donors (Lipinski definition) is 1. The quantitative estimate of drug-likeness (QED) is 0.336. The topological polar surface area (TPSA) is 81.2 Å². The highest BCUT2D eigenvalue weighted by Crippen LogP contribution is 2.61. The zero-order valence-electron chi connectivity index (χ0n) is 22.9. The molecule has 210 valence electrons. The summed E-state index contributed by atoms with van der Waals surface area (Å²) >= 11 is 1.66. The Morgan fingerprint density at radius 3 is 2.44 bits per heavy atom. The van der Waals surface area contributed by atoms with Crippen molar-refractivity contribution in [3.8, 4) is 0 Å². The molecular formula is C31H41N3O4S. The summed E-state index contributed by atoms with van der Waals surface area (Å²) in [5.74, 6) is -1.09. The summed E-state index contributed by atoms with van der Waals surface area (Å²) in [5, 5.41) is 9.02. The third kappa shape index (κ3) is 5.30. The second-order valence-electron chi connectivity index (χ2n) is 11.2. The van der Waals surface area contributed by atoms with E-state index in [1.54, 1.807) is 11.8 Å². The minimum atomic E-state index is -0.745. The second kappa shape index (κ2) is 12.3. The molecule has 1 N–H and O–H groups in total. The molecule has 2 fully saturated rings. The SMILES string of the molecule is CCCCN1CC=C[C@]23S[C@@H]4C=CCN(Cc5ccccc5)C(=O)[C@@H]4[C@H]2C(=O)N(CCCCCCO)C3C1=O. The van der Waals surface area contributed by atoms with Crippen LogP contribution in [0.15, 0.2) is 54.6 Å². The maximum Gasteiger partial charge on any atom is 0.247 e. The molecule has 1 aromatic rings. The summed E-state index contributed by atoms with van der Waals surface area (Å²) in [5.41, 5.74) is 1.06. The number of aliphatic hydroxyl groups excluding tert-OH is 1. The number of likely N-dealkylation sites (tertiary alicyclic amines) is 1. The minimum absolute atomic E-state index is 0.00746. The minimum Gasteiger partial charge on any atom is -0.396 e. The number of carbonyl (C=O) groups is 3. The van der Waals surface area contributed by atoms with Gasteiger partial charge in [-0.1, -0.05) is 80.8 Å². The molecule has 0 aliphatic carbocycles. The van der Waals surface area contributed by atoms with Gasteiger partial charge >= 0.3 is 0 Å². The van der Waals surface area contributed by atoms with Gasteiger partial charge in [-0.15, -0.1) is 11.8 Å². The van der Waals surface area contributed by atoms with Crippen molar-refractivity contribution in [1.29, 1.82) is 0 Å². The van der Waals surface area contributed by atoms with E-state index in [4.69, 9.17) is 5.11 Å². The van der Waals surface area contributed by atoms with Crippen LogP contribution in [0.3, 0.4) is 0 Å². The maximum atomic E-state index is 14.3. The summed E-state index contributed by atoms with van der Waals surface area (Å²) in [6.45, 7) is 5.03. The van der Waals surface area contributed by atoms with E-state index < -0.39 is 22.6 Å². The predicted molar refractivity (Wildman–Crippen MR) is 154 cm³/mol. The molecule has 5 rings (SSSR count). The highest BCUT2D eigenvalue weighted by Gasteiger charge is 2.70. The summed E-state index contributed by atoms with van der Waals surface area (Å²) in [4.78, 5) is 48.2. The lowest BCUT2D eigenvalue weighted by atomic mass is 9.78. The predicted octanol–water partition coefficient (Wildman–Crippen LogP) is 3.63. The van der Waals surface area contributed by atoms with Gasteiger partial charge in [0.25, 0.3) is 0 Å². The van der Waals surface area contributed by atoms with E-state index in [1.165, 1.54) is 0 Å². The lowest BCUT2D eigenvalue weighted by Gasteiger charge is -2.35. The van der Waals surface area contributed by atoms with Gasteiger partial charge in [-0.3, -0.25) is 14.4 Å². The first-order valence-corrected chi connectivity index (χ1v) is 15.4. The lowest BCUT2D eigenvalue weighted by molar-refractivity contribution is -0.144. The lowest BCUT2D eigenvalue weighted by Crippen LogP contribution is -2.53. The molecule has 0 bridgehead atoms. The Morgan fingerprint density at radius 2 is 1.67 bits per heavy atom. The van der Waals surface area contributed by atoms with Crippen LogP contribution in [0.25, 0.3) is 0 Å². The number of thioether (sulfide) groups is 1. The summed E-state index contributed by atoms with van der Waals surface area (Å²) in [6.07, 6.45) is 13.6. The Morgan fingerprint density at radius 1 is 0.897 bits per heavy atom. The molecule has 5 atom stereocenters. The van der Waals surface area contributed by atoms with Crippen molar-refractivity contribution in [2.24, 2.45) is 11.8 Å². The molecular weight excluding hydrogens is 510 g/mol. The van der Waals surface area contributed by atoms with Crippen LogP contribution in [0, 0.1) is 11.8 Å². The molecule has 0 aromatic heterocycles. The number of benzene rings is 1. The van der Waals surface area contributed by atoms with Gasteiger partial charge in [0.05, 0.1) is 16.6 Å².